The molecule has 2 aromatic rings. The van der Waals surface area contributed by atoms with E-state index in [2.05, 4.69) is 26.0 Å². The van der Waals surface area contributed by atoms with Gasteiger partial charge in [0.05, 0.1) is 7.11 Å². The van der Waals surface area contributed by atoms with E-state index in [0.29, 0.717) is 13.2 Å². The molecule has 0 aromatic heterocycles. The summed E-state index contributed by atoms with van der Waals surface area (Å²) < 4.78 is 11.2. The minimum Gasteiger partial charge on any atom is -0.497 e. The van der Waals surface area contributed by atoms with Crippen molar-refractivity contribution in [2.75, 3.05) is 13.7 Å². The standard InChI is InChI=1S/C18H23NO2/c1-13-9-15(7-8-19)10-14(2)18(13)21-12-16-5-4-6-17(11-16)20-3/h4-6,9-11H,7-8,12,19H2,1-3H3. The van der Waals surface area contributed by atoms with Gasteiger partial charge >= 0.3 is 0 Å². The summed E-state index contributed by atoms with van der Waals surface area (Å²) in [5, 5.41) is 0. The van der Waals surface area contributed by atoms with Crippen molar-refractivity contribution < 1.29 is 9.47 Å². The third-order valence-corrected chi connectivity index (χ3v) is 3.47. The molecule has 0 atom stereocenters. The fraction of sp³-hybridized carbons (Fsp3) is 0.333. The zero-order valence-electron chi connectivity index (χ0n) is 13.0. The molecule has 0 aliphatic carbocycles. The quantitative estimate of drug-likeness (QED) is 0.884. The third-order valence-electron chi connectivity index (χ3n) is 3.47. The highest BCUT2D eigenvalue weighted by Gasteiger charge is 2.07. The molecule has 0 fully saturated rings. The summed E-state index contributed by atoms with van der Waals surface area (Å²) in [5.74, 6) is 1.81. The van der Waals surface area contributed by atoms with Crippen molar-refractivity contribution in [3.63, 3.8) is 0 Å². The molecule has 0 unspecified atom stereocenters. The number of aryl methyl sites for hydroxylation is 2. The van der Waals surface area contributed by atoms with E-state index < -0.39 is 0 Å². The first kappa shape index (κ1) is 15.4. The van der Waals surface area contributed by atoms with Gasteiger partial charge in [0.2, 0.25) is 0 Å². The van der Waals surface area contributed by atoms with Crippen LogP contribution < -0.4 is 15.2 Å². The second-order valence-corrected chi connectivity index (χ2v) is 5.24. The Labute approximate surface area is 126 Å². The van der Waals surface area contributed by atoms with E-state index in [4.69, 9.17) is 15.2 Å². The molecule has 0 aliphatic heterocycles. The van der Waals surface area contributed by atoms with Crippen LogP contribution in [0.4, 0.5) is 0 Å². The Morgan fingerprint density at radius 3 is 2.33 bits per heavy atom. The lowest BCUT2D eigenvalue weighted by atomic mass is 10.0. The van der Waals surface area contributed by atoms with Gasteiger partial charge in [0, 0.05) is 0 Å². The van der Waals surface area contributed by atoms with E-state index >= 15 is 0 Å². The maximum Gasteiger partial charge on any atom is 0.125 e. The molecule has 0 spiro atoms. The van der Waals surface area contributed by atoms with E-state index in [-0.39, 0.29) is 0 Å². The Bertz CT molecular complexity index is 585. The maximum absolute atomic E-state index is 6.00. The Morgan fingerprint density at radius 1 is 1.00 bits per heavy atom. The lowest BCUT2D eigenvalue weighted by molar-refractivity contribution is 0.301. The zero-order valence-corrected chi connectivity index (χ0v) is 13.0. The first-order chi connectivity index (χ1) is 10.1. The molecule has 2 rings (SSSR count). The van der Waals surface area contributed by atoms with E-state index in [1.165, 1.54) is 5.56 Å². The van der Waals surface area contributed by atoms with Gasteiger partial charge in [0.25, 0.3) is 0 Å². The number of hydrogen-bond donors (Lipinski definition) is 1. The first-order valence-corrected chi connectivity index (χ1v) is 7.20. The van der Waals surface area contributed by atoms with Crippen LogP contribution in [0.2, 0.25) is 0 Å². The highest BCUT2D eigenvalue weighted by atomic mass is 16.5. The van der Waals surface area contributed by atoms with Crippen LogP contribution in [-0.4, -0.2) is 13.7 Å². The summed E-state index contributed by atoms with van der Waals surface area (Å²) in [4.78, 5) is 0. The van der Waals surface area contributed by atoms with E-state index in [1.807, 2.05) is 24.3 Å². The first-order valence-electron chi connectivity index (χ1n) is 7.20. The van der Waals surface area contributed by atoms with Gasteiger partial charge in [0.1, 0.15) is 18.1 Å². The summed E-state index contributed by atoms with van der Waals surface area (Å²) in [6, 6.07) is 12.2. The SMILES string of the molecule is COc1cccc(COc2c(C)cc(CCN)cc2C)c1. The fourth-order valence-electron chi connectivity index (χ4n) is 2.50. The molecule has 0 heterocycles. The molecule has 0 radical (unpaired) electrons. The Kier molecular flexibility index (Phi) is 5.23. The van der Waals surface area contributed by atoms with Crippen LogP contribution >= 0.6 is 0 Å². The summed E-state index contributed by atoms with van der Waals surface area (Å²) in [6.07, 6.45) is 0.901. The molecule has 3 nitrogen and oxygen atoms in total. The van der Waals surface area contributed by atoms with Gasteiger partial charge in [0.15, 0.2) is 0 Å². The summed E-state index contributed by atoms with van der Waals surface area (Å²) in [5.41, 5.74) is 10.3. The van der Waals surface area contributed by atoms with Gasteiger partial charge in [-0.3, -0.25) is 0 Å². The third kappa shape index (κ3) is 3.99. The van der Waals surface area contributed by atoms with Gasteiger partial charge in [-0.1, -0.05) is 24.3 Å². The highest BCUT2D eigenvalue weighted by Crippen LogP contribution is 2.26. The summed E-state index contributed by atoms with van der Waals surface area (Å²) in [6.45, 7) is 5.36. The van der Waals surface area contributed by atoms with Gasteiger partial charge in [-0.15, -0.1) is 0 Å². The van der Waals surface area contributed by atoms with Crippen molar-refractivity contribution in [3.8, 4) is 11.5 Å². The Hall–Kier alpha value is -2.00. The number of rotatable bonds is 6. The zero-order chi connectivity index (χ0) is 15.2. The van der Waals surface area contributed by atoms with Crippen molar-refractivity contribution >= 4 is 0 Å². The van der Waals surface area contributed by atoms with Crippen LogP contribution in [0.25, 0.3) is 0 Å². The van der Waals surface area contributed by atoms with Gasteiger partial charge < -0.3 is 15.2 Å². The number of benzene rings is 2. The van der Waals surface area contributed by atoms with Crippen molar-refractivity contribution in [2.45, 2.75) is 26.9 Å². The van der Waals surface area contributed by atoms with Crippen LogP contribution in [0.15, 0.2) is 36.4 Å². The van der Waals surface area contributed by atoms with Crippen LogP contribution in [0.5, 0.6) is 11.5 Å². The number of methoxy groups -OCH3 is 1. The Balaban J connectivity index is 2.12. The van der Waals surface area contributed by atoms with Gasteiger partial charge in [-0.05, 0) is 61.2 Å². The topological polar surface area (TPSA) is 44.5 Å². The molecule has 0 saturated heterocycles. The lowest BCUT2D eigenvalue weighted by Gasteiger charge is -2.14. The monoisotopic (exact) mass is 285 g/mol. The second kappa shape index (κ2) is 7.14. The van der Waals surface area contributed by atoms with Crippen LogP contribution in [-0.2, 0) is 13.0 Å². The number of hydrogen-bond acceptors (Lipinski definition) is 3. The number of ether oxygens (including phenoxy) is 2. The van der Waals surface area contributed by atoms with Crippen molar-refractivity contribution in [2.24, 2.45) is 5.73 Å². The van der Waals surface area contributed by atoms with E-state index in [0.717, 1.165) is 34.6 Å². The fourth-order valence-corrected chi connectivity index (χ4v) is 2.50. The van der Waals surface area contributed by atoms with Gasteiger partial charge in [-0.2, -0.15) is 0 Å². The molecule has 0 amide bonds. The maximum atomic E-state index is 6.00. The average molecular weight is 285 g/mol. The number of nitrogens with two attached hydrogens (primary N) is 1. The molecular weight excluding hydrogens is 262 g/mol. The molecule has 3 heteroatoms. The molecule has 2 N–H and O–H groups in total. The molecule has 0 bridgehead atoms. The van der Waals surface area contributed by atoms with Crippen LogP contribution in [0.1, 0.15) is 22.3 Å². The van der Waals surface area contributed by atoms with Crippen molar-refractivity contribution in [3.05, 3.63) is 58.7 Å². The molecule has 21 heavy (non-hydrogen) atoms. The molecule has 0 aliphatic rings. The molecule has 2 aromatic carbocycles. The normalized spacial score (nSPS) is 10.5. The molecule has 0 saturated carbocycles. The Morgan fingerprint density at radius 2 is 1.71 bits per heavy atom. The predicted molar refractivity (Wildman–Crippen MR) is 86.0 cm³/mol. The molecule has 112 valence electrons. The molecular formula is C18H23NO2. The van der Waals surface area contributed by atoms with E-state index in [9.17, 15) is 0 Å². The lowest BCUT2D eigenvalue weighted by Crippen LogP contribution is -2.05. The average Bonchev–Trinajstić information content (AvgIpc) is 2.47. The highest BCUT2D eigenvalue weighted by molar-refractivity contribution is 5.43. The minimum absolute atomic E-state index is 0.537. The van der Waals surface area contributed by atoms with E-state index in [1.54, 1.807) is 7.11 Å². The van der Waals surface area contributed by atoms with Crippen molar-refractivity contribution in [1.82, 2.24) is 0 Å². The smallest absolute Gasteiger partial charge is 0.125 e. The van der Waals surface area contributed by atoms with Gasteiger partial charge in [-0.25, -0.2) is 0 Å². The largest absolute Gasteiger partial charge is 0.497 e. The second-order valence-electron chi connectivity index (χ2n) is 5.24. The van der Waals surface area contributed by atoms with Crippen molar-refractivity contribution in [1.29, 1.82) is 0 Å². The van der Waals surface area contributed by atoms with Crippen LogP contribution in [0, 0.1) is 13.8 Å². The minimum atomic E-state index is 0.537. The predicted octanol–water partition coefficient (Wildman–Crippen LogP) is 3.39. The van der Waals surface area contributed by atoms with Crippen LogP contribution in [0.3, 0.4) is 0 Å². The summed E-state index contributed by atoms with van der Waals surface area (Å²) >= 11 is 0. The summed E-state index contributed by atoms with van der Waals surface area (Å²) in [7, 11) is 1.67.